The first-order valence-corrected chi connectivity index (χ1v) is 10.5. The number of carbonyl (C=O) groups is 3. The van der Waals surface area contributed by atoms with Crippen molar-refractivity contribution in [3.63, 3.8) is 0 Å². The van der Waals surface area contributed by atoms with Crippen molar-refractivity contribution in [3.8, 4) is 10.4 Å². The lowest BCUT2D eigenvalue weighted by atomic mass is 9.85. The summed E-state index contributed by atoms with van der Waals surface area (Å²) in [6.45, 7) is 0.853. The van der Waals surface area contributed by atoms with Crippen LogP contribution in [-0.4, -0.2) is 46.7 Å². The van der Waals surface area contributed by atoms with Crippen LogP contribution in [0.3, 0.4) is 0 Å². The van der Waals surface area contributed by atoms with E-state index in [0.29, 0.717) is 31.5 Å². The molecule has 2 saturated heterocycles. The maximum atomic E-state index is 12.7. The summed E-state index contributed by atoms with van der Waals surface area (Å²) in [6.07, 6.45) is 5.29. The molecule has 1 aromatic heterocycles. The summed E-state index contributed by atoms with van der Waals surface area (Å²) >= 11 is 1.67. The van der Waals surface area contributed by atoms with Crippen LogP contribution in [0.25, 0.3) is 10.4 Å². The molecule has 2 aliphatic heterocycles. The standard InChI is InChI=1S/C22H20N2O3S/c25-20(15-9-7-14(8-10-15)19-6-3-11-28-19)23-12-16(13-23)24-21(26)17-4-1-2-5-18(17)22(24)27/h1-3,6-11,16-18H,4-5,12-13H2. The third-order valence-electron chi connectivity index (χ3n) is 5.99. The minimum absolute atomic E-state index is 0.0489. The van der Waals surface area contributed by atoms with Gasteiger partial charge < -0.3 is 4.90 Å². The van der Waals surface area contributed by atoms with Gasteiger partial charge in [0.05, 0.1) is 17.9 Å². The van der Waals surface area contributed by atoms with Gasteiger partial charge in [-0.25, -0.2) is 0 Å². The summed E-state index contributed by atoms with van der Waals surface area (Å²) in [5.41, 5.74) is 1.73. The number of amides is 3. The van der Waals surface area contributed by atoms with Crippen molar-refractivity contribution in [2.24, 2.45) is 11.8 Å². The number of nitrogens with zero attached hydrogens (tertiary/aromatic N) is 2. The zero-order valence-electron chi connectivity index (χ0n) is 15.3. The Bertz CT molecular complexity index is 932. The quantitative estimate of drug-likeness (QED) is 0.595. The molecule has 0 saturated carbocycles. The van der Waals surface area contributed by atoms with Crippen molar-refractivity contribution >= 4 is 29.1 Å². The number of carbonyl (C=O) groups excluding carboxylic acids is 3. The lowest BCUT2D eigenvalue weighted by Gasteiger charge is -2.43. The summed E-state index contributed by atoms with van der Waals surface area (Å²) < 4.78 is 0. The molecule has 3 aliphatic rings. The first-order valence-electron chi connectivity index (χ1n) is 9.58. The lowest BCUT2D eigenvalue weighted by molar-refractivity contribution is -0.145. The molecular formula is C22H20N2O3S. The van der Waals surface area contributed by atoms with Crippen LogP contribution < -0.4 is 0 Å². The number of likely N-dealkylation sites (tertiary alicyclic amines) is 2. The number of thiophene rings is 1. The second-order valence-electron chi connectivity index (χ2n) is 7.62. The van der Waals surface area contributed by atoms with Crippen molar-refractivity contribution in [1.82, 2.24) is 9.80 Å². The van der Waals surface area contributed by atoms with E-state index in [1.54, 1.807) is 16.2 Å². The third-order valence-corrected chi connectivity index (χ3v) is 6.91. The third kappa shape index (κ3) is 2.71. The van der Waals surface area contributed by atoms with Crippen molar-refractivity contribution in [2.45, 2.75) is 18.9 Å². The van der Waals surface area contributed by atoms with Gasteiger partial charge in [-0.15, -0.1) is 11.3 Å². The Labute approximate surface area is 167 Å². The molecule has 2 atom stereocenters. The van der Waals surface area contributed by atoms with Gasteiger partial charge in [0.25, 0.3) is 5.91 Å². The fourth-order valence-corrected chi connectivity index (χ4v) is 5.11. The zero-order chi connectivity index (χ0) is 19.3. The average molecular weight is 392 g/mol. The molecule has 28 heavy (non-hydrogen) atoms. The fourth-order valence-electron chi connectivity index (χ4n) is 4.37. The van der Waals surface area contributed by atoms with Crippen LogP contribution in [0.2, 0.25) is 0 Å². The highest BCUT2D eigenvalue weighted by Gasteiger charge is 2.52. The molecule has 3 amide bonds. The Hall–Kier alpha value is -2.73. The molecule has 1 aromatic carbocycles. The summed E-state index contributed by atoms with van der Waals surface area (Å²) in [5, 5.41) is 2.03. The lowest BCUT2D eigenvalue weighted by Crippen LogP contribution is -2.62. The number of hydrogen-bond acceptors (Lipinski definition) is 4. The van der Waals surface area contributed by atoms with Gasteiger partial charge in [0, 0.05) is 23.5 Å². The second-order valence-corrected chi connectivity index (χ2v) is 8.57. The highest BCUT2D eigenvalue weighted by atomic mass is 32.1. The van der Waals surface area contributed by atoms with Crippen LogP contribution in [0.15, 0.2) is 53.9 Å². The Morgan fingerprint density at radius 1 is 0.929 bits per heavy atom. The van der Waals surface area contributed by atoms with Gasteiger partial charge in [0.1, 0.15) is 0 Å². The van der Waals surface area contributed by atoms with E-state index in [9.17, 15) is 14.4 Å². The Morgan fingerprint density at radius 2 is 1.57 bits per heavy atom. The van der Waals surface area contributed by atoms with Crippen LogP contribution in [0.4, 0.5) is 0 Å². The van der Waals surface area contributed by atoms with Crippen molar-refractivity contribution in [3.05, 3.63) is 59.5 Å². The van der Waals surface area contributed by atoms with E-state index in [4.69, 9.17) is 0 Å². The molecule has 1 aliphatic carbocycles. The summed E-state index contributed by atoms with van der Waals surface area (Å²) in [7, 11) is 0. The molecule has 0 spiro atoms. The number of benzene rings is 1. The van der Waals surface area contributed by atoms with Crippen molar-refractivity contribution in [1.29, 1.82) is 0 Å². The molecule has 0 radical (unpaired) electrons. The number of hydrogen-bond donors (Lipinski definition) is 0. The molecular weight excluding hydrogens is 372 g/mol. The zero-order valence-corrected chi connectivity index (χ0v) is 16.1. The predicted octanol–water partition coefficient (Wildman–Crippen LogP) is 3.19. The van der Waals surface area contributed by atoms with Crippen LogP contribution in [-0.2, 0) is 9.59 Å². The van der Waals surface area contributed by atoms with E-state index < -0.39 is 0 Å². The number of fused-ring (bicyclic) bond motifs is 1. The maximum Gasteiger partial charge on any atom is 0.253 e. The predicted molar refractivity (Wildman–Crippen MR) is 107 cm³/mol. The molecule has 5 rings (SSSR count). The van der Waals surface area contributed by atoms with E-state index >= 15 is 0 Å². The van der Waals surface area contributed by atoms with E-state index in [1.165, 1.54) is 9.78 Å². The van der Waals surface area contributed by atoms with E-state index in [-0.39, 0.29) is 35.6 Å². The highest BCUT2D eigenvalue weighted by molar-refractivity contribution is 7.13. The van der Waals surface area contributed by atoms with Crippen molar-refractivity contribution in [2.75, 3.05) is 13.1 Å². The van der Waals surface area contributed by atoms with Crippen LogP contribution in [0.1, 0.15) is 23.2 Å². The first kappa shape index (κ1) is 17.4. The molecule has 0 bridgehead atoms. The largest absolute Gasteiger partial charge is 0.334 e. The average Bonchev–Trinajstić information content (AvgIpc) is 3.31. The van der Waals surface area contributed by atoms with Crippen LogP contribution in [0, 0.1) is 11.8 Å². The van der Waals surface area contributed by atoms with Gasteiger partial charge in [-0.05, 0) is 42.0 Å². The second kappa shape index (κ2) is 6.71. The number of rotatable bonds is 3. The molecule has 142 valence electrons. The molecule has 0 N–H and O–H groups in total. The SMILES string of the molecule is O=C(c1ccc(-c2cccs2)cc1)N1CC(N2C(=O)C3CC=CCC3C2=O)C1. The summed E-state index contributed by atoms with van der Waals surface area (Å²) in [4.78, 5) is 42.4. The van der Waals surface area contributed by atoms with Gasteiger partial charge in [-0.1, -0.05) is 30.4 Å². The minimum Gasteiger partial charge on any atom is -0.334 e. The fraction of sp³-hybridized carbons (Fsp3) is 0.318. The van der Waals surface area contributed by atoms with Gasteiger partial charge in [0.2, 0.25) is 11.8 Å². The molecule has 2 aromatic rings. The molecule has 3 heterocycles. The molecule has 6 heteroatoms. The molecule has 2 fully saturated rings. The van der Waals surface area contributed by atoms with Gasteiger partial charge in [0.15, 0.2) is 0 Å². The van der Waals surface area contributed by atoms with E-state index in [0.717, 1.165) is 5.56 Å². The van der Waals surface area contributed by atoms with E-state index in [2.05, 4.69) is 6.07 Å². The van der Waals surface area contributed by atoms with Crippen molar-refractivity contribution < 1.29 is 14.4 Å². The first-order chi connectivity index (χ1) is 13.6. The summed E-state index contributed by atoms with van der Waals surface area (Å²) in [5.74, 6) is -0.570. The number of imide groups is 1. The summed E-state index contributed by atoms with van der Waals surface area (Å²) in [6, 6.07) is 11.5. The molecule has 5 nitrogen and oxygen atoms in total. The Morgan fingerprint density at radius 3 is 2.14 bits per heavy atom. The van der Waals surface area contributed by atoms with Crippen LogP contribution in [0.5, 0.6) is 0 Å². The monoisotopic (exact) mass is 392 g/mol. The highest BCUT2D eigenvalue weighted by Crippen LogP contribution is 2.37. The smallest absolute Gasteiger partial charge is 0.253 e. The van der Waals surface area contributed by atoms with Gasteiger partial charge in [-0.3, -0.25) is 19.3 Å². The topological polar surface area (TPSA) is 57.7 Å². The van der Waals surface area contributed by atoms with Gasteiger partial charge >= 0.3 is 0 Å². The van der Waals surface area contributed by atoms with Crippen LogP contribution >= 0.6 is 11.3 Å². The number of allylic oxidation sites excluding steroid dienone is 2. The Balaban J connectivity index is 1.24. The maximum absolute atomic E-state index is 12.7. The minimum atomic E-state index is -0.202. The Kier molecular flexibility index (Phi) is 4.16. The molecule has 2 unspecified atom stereocenters. The normalized spacial score (nSPS) is 24.4. The van der Waals surface area contributed by atoms with E-state index in [1.807, 2.05) is 47.9 Å². The van der Waals surface area contributed by atoms with Gasteiger partial charge in [-0.2, -0.15) is 0 Å².